The molecule has 0 heterocycles. The standard InChI is InChI=1S/Cl2O.Cu.Mg/c1-3-2;;. The number of rotatable bonds is 0. The molecule has 0 fully saturated rings. The number of hydrogen-bond donors (Lipinski definition) is 0. The summed E-state index contributed by atoms with van der Waals surface area (Å²) in [6.45, 7) is 0. The first kappa shape index (κ1) is 15.8. The summed E-state index contributed by atoms with van der Waals surface area (Å²) in [7, 11) is 0. The Labute approximate surface area is 67.3 Å². The van der Waals surface area contributed by atoms with Gasteiger partial charge in [-0.2, -0.15) is 3.84 Å². The van der Waals surface area contributed by atoms with Crippen LogP contribution in [0.15, 0.2) is 0 Å². The van der Waals surface area contributed by atoms with Crippen molar-refractivity contribution < 1.29 is 20.9 Å². The van der Waals surface area contributed by atoms with Crippen LogP contribution < -0.4 is 0 Å². The zero-order valence-electron chi connectivity index (χ0n) is 2.17. The van der Waals surface area contributed by atoms with Gasteiger partial charge in [0.15, 0.2) is 0 Å². The molecule has 0 aromatic rings. The van der Waals surface area contributed by atoms with Crippen LogP contribution in [-0.4, -0.2) is 23.1 Å². The molecule has 0 spiro atoms. The molecule has 0 aliphatic heterocycles. The molecule has 0 saturated carbocycles. The summed E-state index contributed by atoms with van der Waals surface area (Å²) >= 11 is 8.53. The van der Waals surface area contributed by atoms with Crippen molar-refractivity contribution in [3.8, 4) is 0 Å². The first-order valence-corrected chi connectivity index (χ1v) is 0.926. The topological polar surface area (TPSA) is 9.23 Å². The van der Waals surface area contributed by atoms with Crippen LogP contribution in [-0.2, 0) is 20.9 Å². The predicted molar refractivity (Wildman–Crippen MR) is 18.5 cm³/mol. The van der Waals surface area contributed by atoms with Gasteiger partial charge in [-0.3, -0.25) is 0 Å². The molecule has 0 atom stereocenters. The van der Waals surface area contributed by atoms with Crippen LogP contribution >= 0.6 is 23.7 Å². The van der Waals surface area contributed by atoms with E-state index in [9.17, 15) is 0 Å². The normalized spacial score (nSPS) is 3.60. The fourth-order valence-electron chi connectivity index (χ4n) is 0. The van der Waals surface area contributed by atoms with Gasteiger partial charge in [0, 0.05) is 40.1 Å². The monoisotopic (exact) mass is 173 g/mol. The summed E-state index contributed by atoms with van der Waals surface area (Å²) in [4.78, 5) is 0. The van der Waals surface area contributed by atoms with Gasteiger partial charge in [0.05, 0.1) is 23.7 Å². The molecule has 0 unspecified atom stereocenters. The Balaban J connectivity index is -0.0000000200. The summed E-state index contributed by atoms with van der Waals surface area (Å²) in [6, 6.07) is 0. The van der Waals surface area contributed by atoms with Crippen molar-refractivity contribution in [1.29, 1.82) is 0 Å². The van der Waals surface area contributed by atoms with Crippen molar-refractivity contribution in [2.45, 2.75) is 0 Å². The molecule has 0 aromatic carbocycles. The van der Waals surface area contributed by atoms with Crippen LogP contribution in [0.25, 0.3) is 0 Å². The van der Waals surface area contributed by atoms with Gasteiger partial charge in [-0.1, -0.05) is 0 Å². The van der Waals surface area contributed by atoms with Crippen LogP contribution in [0.3, 0.4) is 0 Å². The molecule has 0 aliphatic rings. The molecule has 5 heavy (non-hydrogen) atoms. The second-order valence-corrected chi connectivity index (χ2v) is 0.525. The zero-order valence-corrected chi connectivity index (χ0v) is 6.04. The van der Waals surface area contributed by atoms with Crippen molar-refractivity contribution >= 4 is 46.8 Å². The Morgan fingerprint density at radius 2 is 1.20 bits per heavy atom. The Morgan fingerprint density at radius 3 is 1.20 bits per heavy atom. The van der Waals surface area contributed by atoms with E-state index >= 15 is 0 Å². The maximum atomic E-state index is 4.26. The molecule has 0 bridgehead atoms. The minimum Gasteiger partial charge on any atom is -0.166 e. The largest absolute Gasteiger partial charge is 0.166 e. The molecular formula is Cl2CuMgO. The van der Waals surface area contributed by atoms with E-state index < -0.39 is 0 Å². The van der Waals surface area contributed by atoms with Crippen molar-refractivity contribution in [2.75, 3.05) is 0 Å². The molecule has 0 N–H and O–H groups in total. The molecule has 0 saturated heterocycles. The second-order valence-electron chi connectivity index (χ2n) is 0.0583. The van der Waals surface area contributed by atoms with E-state index in [0.29, 0.717) is 0 Å². The summed E-state index contributed by atoms with van der Waals surface area (Å²) < 4.78 is 3.19. The van der Waals surface area contributed by atoms with Gasteiger partial charge in [-0.15, -0.1) is 0 Å². The van der Waals surface area contributed by atoms with E-state index in [-0.39, 0.29) is 40.1 Å². The molecule has 0 rings (SSSR count). The van der Waals surface area contributed by atoms with Crippen LogP contribution in [0.5, 0.6) is 0 Å². The number of hydrogen-bond acceptors (Lipinski definition) is 1. The molecule has 3 radical (unpaired) electrons. The van der Waals surface area contributed by atoms with Gasteiger partial charge in [0.2, 0.25) is 0 Å². The first-order chi connectivity index (χ1) is 1.41. The molecule has 0 aromatic heterocycles. The molecule has 0 aliphatic carbocycles. The average molecular weight is 175 g/mol. The van der Waals surface area contributed by atoms with Crippen molar-refractivity contribution in [2.24, 2.45) is 0 Å². The number of halogens is 2. The third-order valence-corrected chi connectivity index (χ3v) is 0. The van der Waals surface area contributed by atoms with Crippen molar-refractivity contribution in [1.82, 2.24) is 0 Å². The van der Waals surface area contributed by atoms with E-state index in [4.69, 9.17) is 0 Å². The van der Waals surface area contributed by atoms with E-state index in [0.717, 1.165) is 0 Å². The minimum atomic E-state index is 0. The summed E-state index contributed by atoms with van der Waals surface area (Å²) in [6.07, 6.45) is 0. The van der Waals surface area contributed by atoms with E-state index in [1.165, 1.54) is 0 Å². The van der Waals surface area contributed by atoms with Gasteiger partial charge in [-0.25, -0.2) is 0 Å². The van der Waals surface area contributed by atoms with Crippen LogP contribution in [0, 0.1) is 0 Å². The second kappa shape index (κ2) is 17.0. The molecule has 33 valence electrons. The average Bonchev–Trinajstić information content (AvgIpc) is 0.918. The molecule has 1 nitrogen and oxygen atoms in total. The van der Waals surface area contributed by atoms with Gasteiger partial charge >= 0.3 is 0 Å². The summed E-state index contributed by atoms with van der Waals surface area (Å²) in [5.41, 5.74) is 0. The molecular weight excluding hydrogens is 175 g/mol. The van der Waals surface area contributed by atoms with Gasteiger partial charge in [0.1, 0.15) is 0 Å². The van der Waals surface area contributed by atoms with Gasteiger partial charge < -0.3 is 0 Å². The summed E-state index contributed by atoms with van der Waals surface area (Å²) in [5, 5.41) is 0. The Hall–Kier alpha value is 1.83. The van der Waals surface area contributed by atoms with Gasteiger partial charge in [0.25, 0.3) is 0 Å². The minimum absolute atomic E-state index is 0. The maximum absolute atomic E-state index is 4.26. The third-order valence-electron chi connectivity index (χ3n) is 0. The Bertz CT molecular complexity index is 9.61. The summed E-state index contributed by atoms with van der Waals surface area (Å²) in [5.74, 6) is 0. The Morgan fingerprint density at radius 1 is 1.20 bits per heavy atom. The van der Waals surface area contributed by atoms with Crippen LogP contribution in [0.1, 0.15) is 0 Å². The van der Waals surface area contributed by atoms with Crippen molar-refractivity contribution in [3.63, 3.8) is 0 Å². The quantitative estimate of drug-likeness (QED) is 0.497. The molecule has 0 amide bonds. The fraction of sp³-hybridized carbons (Fsp3) is 0. The Kier molecular flexibility index (Phi) is 53.8. The predicted octanol–water partition coefficient (Wildman–Crippen LogP) is 0.927. The first-order valence-electron chi connectivity index (χ1n) is 0.309. The third kappa shape index (κ3) is 25.6. The van der Waals surface area contributed by atoms with Gasteiger partial charge in [-0.05, 0) is 0 Å². The maximum Gasteiger partial charge on any atom is 0.0832 e. The van der Waals surface area contributed by atoms with E-state index in [1.807, 2.05) is 0 Å². The fourth-order valence-corrected chi connectivity index (χ4v) is 0. The van der Waals surface area contributed by atoms with Crippen LogP contribution in [0.4, 0.5) is 0 Å². The molecule has 5 heteroatoms. The van der Waals surface area contributed by atoms with E-state index in [2.05, 4.69) is 27.6 Å². The van der Waals surface area contributed by atoms with Crippen molar-refractivity contribution in [3.05, 3.63) is 0 Å². The van der Waals surface area contributed by atoms with E-state index in [1.54, 1.807) is 0 Å². The smallest absolute Gasteiger partial charge is 0.0832 e. The zero-order chi connectivity index (χ0) is 2.71. The SMILES string of the molecule is ClOCl.[Cu].[Mg]. The van der Waals surface area contributed by atoms with Crippen LogP contribution in [0.2, 0.25) is 0 Å².